The van der Waals surface area contributed by atoms with Crippen molar-refractivity contribution in [1.29, 1.82) is 0 Å². The number of nitrogens with one attached hydrogen (secondary N) is 1. The lowest BCUT2D eigenvalue weighted by atomic mass is 9.79. The molecule has 2 unspecified atom stereocenters. The van der Waals surface area contributed by atoms with E-state index in [0.717, 1.165) is 39.8 Å². The Labute approximate surface area is 164 Å². The third-order valence-corrected chi connectivity index (χ3v) is 5.42. The Balaban J connectivity index is 1.70. The number of aromatic amines is 1. The van der Waals surface area contributed by atoms with Gasteiger partial charge in [0, 0.05) is 36.6 Å². The van der Waals surface area contributed by atoms with Gasteiger partial charge in [-0.2, -0.15) is 0 Å². The number of rotatable bonds is 5. The van der Waals surface area contributed by atoms with E-state index in [-0.39, 0.29) is 17.7 Å². The first-order valence-electron chi connectivity index (χ1n) is 9.54. The molecule has 1 aromatic heterocycles. The number of hydrogen-bond donors (Lipinski definition) is 1. The molecule has 5 nitrogen and oxygen atoms in total. The predicted molar refractivity (Wildman–Crippen MR) is 108 cm³/mol. The normalized spacial score (nSPS) is 18.5. The van der Waals surface area contributed by atoms with Gasteiger partial charge in [0.05, 0.1) is 5.92 Å². The summed E-state index contributed by atoms with van der Waals surface area (Å²) in [6, 6.07) is 16.0. The zero-order valence-corrected chi connectivity index (χ0v) is 16.1. The molecule has 2 atom stereocenters. The maximum absolute atomic E-state index is 12.8. The first kappa shape index (κ1) is 18.3. The Kier molecular flexibility index (Phi) is 4.90. The number of carbonyl (C=O) groups excluding carboxylic acids is 2. The minimum absolute atomic E-state index is 0.0318. The number of aromatic nitrogens is 1. The fourth-order valence-electron chi connectivity index (χ4n) is 4.04. The Hall–Kier alpha value is -3.08. The second-order valence-corrected chi connectivity index (χ2v) is 7.62. The molecule has 28 heavy (non-hydrogen) atoms. The summed E-state index contributed by atoms with van der Waals surface area (Å²) >= 11 is 0. The van der Waals surface area contributed by atoms with E-state index in [1.165, 1.54) is 0 Å². The van der Waals surface area contributed by atoms with Crippen molar-refractivity contribution >= 4 is 23.1 Å². The number of aldehydes is 1. The summed E-state index contributed by atoms with van der Waals surface area (Å²) in [6.07, 6.45) is 2.17. The number of likely N-dealkylation sites (N-methyl/N-ethyl adjacent to an activating group) is 1. The van der Waals surface area contributed by atoms with Crippen LogP contribution in [0.15, 0.2) is 48.5 Å². The molecule has 1 N–H and O–H groups in total. The fourth-order valence-corrected chi connectivity index (χ4v) is 4.04. The van der Waals surface area contributed by atoms with Crippen LogP contribution in [0.3, 0.4) is 0 Å². The molecule has 1 amide bonds. The van der Waals surface area contributed by atoms with Crippen molar-refractivity contribution in [2.45, 2.75) is 25.4 Å². The molecule has 3 aromatic rings. The molecule has 4 rings (SSSR count). The van der Waals surface area contributed by atoms with Crippen LogP contribution in [-0.2, 0) is 22.6 Å². The molecule has 1 aliphatic carbocycles. The molecule has 0 aliphatic heterocycles. The van der Waals surface area contributed by atoms with Crippen LogP contribution in [-0.4, -0.2) is 36.2 Å². The Bertz CT molecular complexity index is 1010. The van der Waals surface area contributed by atoms with Crippen LogP contribution in [0.25, 0.3) is 10.9 Å². The van der Waals surface area contributed by atoms with Gasteiger partial charge in [-0.1, -0.05) is 30.3 Å². The average molecular weight is 376 g/mol. The predicted octanol–water partition coefficient (Wildman–Crippen LogP) is 3.68. The van der Waals surface area contributed by atoms with E-state index in [9.17, 15) is 9.59 Å². The zero-order valence-electron chi connectivity index (χ0n) is 16.1. The van der Waals surface area contributed by atoms with E-state index in [0.29, 0.717) is 19.4 Å². The van der Waals surface area contributed by atoms with Crippen LogP contribution in [0, 0.1) is 5.92 Å². The van der Waals surface area contributed by atoms with E-state index in [2.05, 4.69) is 4.98 Å². The van der Waals surface area contributed by atoms with Crippen LogP contribution in [0.1, 0.15) is 29.2 Å². The molecule has 0 fully saturated rings. The molecule has 1 aliphatic rings. The number of amides is 1. The van der Waals surface area contributed by atoms with Crippen molar-refractivity contribution in [3.63, 3.8) is 0 Å². The first-order valence-corrected chi connectivity index (χ1v) is 9.54. The molecule has 0 radical (unpaired) electrons. The van der Waals surface area contributed by atoms with Crippen molar-refractivity contribution in [3.05, 3.63) is 65.4 Å². The van der Waals surface area contributed by atoms with Gasteiger partial charge in [-0.25, -0.2) is 0 Å². The smallest absolute Gasteiger partial charge is 0.229 e. The zero-order chi connectivity index (χ0) is 19.7. The average Bonchev–Trinajstić information content (AvgIpc) is 3.09. The standard InChI is InChI=1S/C23H24N2O3/c1-25(2)23(27)19-10-16(13-26)11-21-22(19)18-12-17(8-9-20(18)24-21)28-14-15-6-4-3-5-7-15/h3-9,12-13,16,19,24H,10-11,14H2,1-2H3. The Morgan fingerprint density at radius 1 is 1.21 bits per heavy atom. The number of ether oxygens (including phenoxy) is 1. The first-order chi connectivity index (χ1) is 13.6. The Morgan fingerprint density at radius 3 is 2.71 bits per heavy atom. The molecule has 0 saturated carbocycles. The number of nitrogens with zero attached hydrogens (tertiary/aromatic N) is 1. The number of H-pyrrole nitrogens is 1. The number of fused-ring (bicyclic) bond motifs is 3. The molecule has 0 bridgehead atoms. The molecular weight excluding hydrogens is 352 g/mol. The largest absolute Gasteiger partial charge is 0.489 e. The quantitative estimate of drug-likeness (QED) is 0.691. The summed E-state index contributed by atoms with van der Waals surface area (Å²) < 4.78 is 5.98. The summed E-state index contributed by atoms with van der Waals surface area (Å²) in [5.74, 6) is 0.353. The molecule has 0 spiro atoms. The summed E-state index contributed by atoms with van der Waals surface area (Å²) in [7, 11) is 3.52. The van der Waals surface area contributed by atoms with Gasteiger partial charge in [0.2, 0.25) is 5.91 Å². The van der Waals surface area contributed by atoms with Crippen LogP contribution < -0.4 is 4.74 Å². The maximum atomic E-state index is 12.8. The second-order valence-electron chi connectivity index (χ2n) is 7.62. The van der Waals surface area contributed by atoms with E-state index >= 15 is 0 Å². The summed E-state index contributed by atoms with van der Waals surface area (Å²) in [5, 5.41) is 1.00. The molecular formula is C23H24N2O3. The van der Waals surface area contributed by atoms with Gasteiger partial charge in [-0.15, -0.1) is 0 Å². The van der Waals surface area contributed by atoms with Crippen molar-refractivity contribution in [3.8, 4) is 5.75 Å². The van der Waals surface area contributed by atoms with Gasteiger partial charge < -0.3 is 19.4 Å². The second kappa shape index (κ2) is 7.50. The van der Waals surface area contributed by atoms with Crippen LogP contribution >= 0.6 is 0 Å². The molecule has 5 heteroatoms. The Morgan fingerprint density at radius 2 is 2.00 bits per heavy atom. The molecule has 0 saturated heterocycles. The van der Waals surface area contributed by atoms with Crippen molar-refractivity contribution in [1.82, 2.24) is 9.88 Å². The van der Waals surface area contributed by atoms with Crippen LogP contribution in [0.5, 0.6) is 5.75 Å². The highest BCUT2D eigenvalue weighted by Gasteiger charge is 2.35. The fraction of sp³-hybridized carbons (Fsp3) is 0.304. The monoisotopic (exact) mass is 376 g/mol. The van der Waals surface area contributed by atoms with E-state index in [1.54, 1.807) is 19.0 Å². The lowest BCUT2D eigenvalue weighted by molar-refractivity contribution is -0.131. The van der Waals surface area contributed by atoms with Gasteiger partial charge in [-0.05, 0) is 42.2 Å². The topological polar surface area (TPSA) is 62.4 Å². The highest BCUT2D eigenvalue weighted by atomic mass is 16.5. The van der Waals surface area contributed by atoms with Gasteiger partial charge >= 0.3 is 0 Å². The minimum Gasteiger partial charge on any atom is -0.489 e. The lowest BCUT2D eigenvalue weighted by Crippen LogP contribution is -2.33. The third-order valence-electron chi connectivity index (χ3n) is 5.42. The van der Waals surface area contributed by atoms with Gasteiger partial charge in [0.25, 0.3) is 0 Å². The maximum Gasteiger partial charge on any atom is 0.229 e. The highest BCUT2D eigenvalue weighted by molar-refractivity contribution is 5.94. The van der Waals surface area contributed by atoms with Crippen LogP contribution in [0.2, 0.25) is 0 Å². The van der Waals surface area contributed by atoms with Crippen LogP contribution in [0.4, 0.5) is 0 Å². The third kappa shape index (κ3) is 3.40. The van der Waals surface area contributed by atoms with Crippen molar-refractivity contribution in [2.24, 2.45) is 5.92 Å². The summed E-state index contributed by atoms with van der Waals surface area (Å²) in [5.41, 5.74) is 4.07. The number of carbonyl (C=O) groups is 2. The van der Waals surface area contributed by atoms with E-state index in [4.69, 9.17) is 4.74 Å². The molecule has 1 heterocycles. The van der Waals surface area contributed by atoms with Gasteiger partial charge in [0.1, 0.15) is 18.6 Å². The summed E-state index contributed by atoms with van der Waals surface area (Å²) in [6.45, 7) is 0.492. The highest BCUT2D eigenvalue weighted by Crippen LogP contribution is 2.40. The lowest BCUT2D eigenvalue weighted by Gasteiger charge is -2.28. The van der Waals surface area contributed by atoms with E-state index < -0.39 is 0 Å². The van der Waals surface area contributed by atoms with Crippen molar-refractivity contribution in [2.75, 3.05) is 14.1 Å². The number of benzene rings is 2. The molecule has 144 valence electrons. The SMILES string of the molecule is CN(C)C(=O)C1CC(C=O)Cc2[nH]c3ccc(OCc4ccccc4)cc3c21. The van der Waals surface area contributed by atoms with E-state index in [1.807, 2.05) is 48.5 Å². The number of hydrogen-bond acceptors (Lipinski definition) is 3. The molecule has 2 aromatic carbocycles. The minimum atomic E-state index is -0.313. The van der Waals surface area contributed by atoms with Crippen molar-refractivity contribution < 1.29 is 14.3 Å². The van der Waals surface area contributed by atoms with Gasteiger partial charge in [0.15, 0.2) is 0 Å². The summed E-state index contributed by atoms with van der Waals surface area (Å²) in [4.78, 5) is 29.3. The van der Waals surface area contributed by atoms with Gasteiger partial charge in [-0.3, -0.25) is 4.79 Å².